The molecule has 0 saturated carbocycles. The Balaban J connectivity index is 1.63. The van der Waals surface area contributed by atoms with Gasteiger partial charge in [0.1, 0.15) is 23.3 Å². The molecule has 1 unspecified atom stereocenters. The van der Waals surface area contributed by atoms with Crippen molar-refractivity contribution in [3.63, 3.8) is 0 Å². The van der Waals surface area contributed by atoms with Crippen molar-refractivity contribution >= 4 is 28.2 Å². The van der Waals surface area contributed by atoms with Crippen LogP contribution in [0.4, 0.5) is 18.9 Å². The maximum Gasteiger partial charge on any atom is 0.233 e. The van der Waals surface area contributed by atoms with Crippen LogP contribution in [0.5, 0.6) is 5.88 Å². The Labute approximate surface area is 209 Å². The van der Waals surface area contributed by atoms with Gasteiger partial charge in [-0.25, -0.2) is 13.2 Å². The van der Waals surface area contributed by atoms with Crippen LogP contribution >= 0.6 is 11.6 Å². The van der Waals surface area contributed by atoms with Crippen LogP contribution in [0.3, 0.4) is 0 Å². The molecule has 2 aromatic heterocycles. The minimum Gasteiger partial charge on any atom is -0.480 e. The highest BCUT2D eigenvalue weighted by Crippen LogP contribution is 2.39. The summed E-state index contributed by atoms with van der Waals surface area (Å²) in [5.74, 6) is -2.00. The monoisotopic (exact) mass is 516 g/mol. The molecule has 36 heavy (non-hydrogen) atoms. The Bertz CT molecular complexity index is 1430. The lowest BCUT2D eigenvalue weighted by Crippen LogP contribution is -2.36. The van der Waals surface area contributed by atoms with E-state index in [0.29, 0.717) is 26.3 Å². The van der Waals surface area contributed by atoms with E-state index in [4.69, 9.17) is 21.1 Å². The standard InChI is InChI=1S/C25H20ClF3N4O3/c1-35-21-3-2-19(31-32-21)25(34)15-10-14(17(27)11-16(15)26)13-4-5-30-24-22(13)18(28)12-20(23(24)29)33-6-8-36-9-7-33/h2-5,10-12,25,34H,6-9H2,1H3. The highest BCUT2D eigenvalue weighted by Gasteiger charge is 2.25. The summed E-state index contributed by atoms with van der Waals surface area (Å²) in [7, 11) is 1.42. The maximum atomic E-state index is 15.5. The molecular formula is C25H20ClF3N4O3. The molecule has 2 aromatic carbocycles. The highest BCUT2D eigenvalue weighted by atomic mass is 35.5. The lowest BCUT2D eigenvalue weighted by Gasteiger charge is -2.29. The van der Waals surface area contributed by atoms with E-state index >= 15 is 13.2 Å². The van der Waals surface area contributed by atoms with Crippen molar-refractivity contribution in [2.45, 2.75) is 6.10 Å². The van der Waals surface area contributed by atoms with E-state index in [-0.39, 0.29) is 49.9 Å². The van der Waals surface area contributed by atoms with Gasteiger partial charge in [0.25, 0.3) is 0 Å². The third-order valence-corrected chi connectivity index (χ3v) is 6.39. The second kappa shape index (κ2) is 9.88. The predicted molar refractivity (Wildman–Crippen MR) is 128 cm³/mol. The smallest absolute Gasteiger partial charge is 0.233 e. The first-order valence-electron chi connectivity index (χ1n) is 11.0. The number of anilines is 1. The van der Waals surface area contributed by atoms with E-state index in [1.807, 2.05) is 0 Å². The summed E-state index contributed by atoms with van der Waals surface area (Å²) in [4.78, 5) is 5.73. The van der Waals surface area contributed by atoms with Gasteiger partial charge in [-0.15, -0.1) is 10.2 Å². The van der Waals surface area contributed by atoms with Crippen LogP contribution in [0.2, 0.25) is 5.02 Å². The van der Waals surface area contributed by atoms with Gasteiger partial charge in [0.15, 0.2) is 5.82 Å². The van der Waals surface area contributed by atoms with Crippen molar-refractivity contribution in [2.24, 2.45) is 0 Å². The number of hydrogen-bond acceptors (Lipinski definition) is 7. The van der Waals surface area contributed by atoms with E-state index in [1.165, 1.54) is 37.6 Å². The molecule has 0 aliphatic carbocycles. The average molecular weight is 517 g/mol. The van der Waals surface area contributed by atoms with Gasteiger partial charge in [-0.05, 0) is 29.8 Å². The van der Waals surface area contributed by atoms with Crippen molar-refractivity contribution in [1.29, 1.82) is 0 Å². The number of aromatic nitrogens is 3. The maximum absolute atomic E-state index is 15.5. The lowest BCUT2D eigenvalue weighted by molar-refractivity contribution is 0.122. The number of halogens is 4. The molecule has 1 N–H and O–H groups in total. The normalized spacial score (nSPS) is 14.8. The van der Waals surface area contributed by atoms with Gasteiger partial charge in [0, 0.05) is 53.0 Å². The summed E-state index contributed by atoms with van der Waals surface area (Å²) >= 11 is 6.24. The SMILES string of the molecule is COc1ccc(C(O)c2cc(-c3ccnc4c(F)c(N5CCOCC5)cc(F)c34)c(F)cc2Cl)nn1. The molecule has 1 aliphatic rings. The first kappa shape index (κ1) is 24.2. The number of rotatable bonds is 5. The molecule has 1 aliphatic heterocycles. The van der Waals surface area contributed by atoms with Crippen LogP contribution in [0.15, 0.2) is 42.6 Å². The zero-order valence-electron chi connectivity index (χ0n) is 19.0. The summed E-state index contributed by atoms with van der Waals surface area (Å²) in [6.07, 6.45) is -0.0830. The van der Waals surface area contributed by atoms with Gasteiger partial charge in [-0.3, -0.25) is 4.98 Å². The van der Waals surface area contributed by atoms with Crippen LogP contribution in [-0.2, 0) is 4.74 Å². The minimum atomic E-state index is -1.36. The summed E-state index contributed by atoms with van der Waals surface area (Å²) in [5, 5.41) is 18.4. The fourth-order valence-corrected chi connectivity index (χ4v) is 4.49. The Morgan fingerprint density at radius 1 is 1.03 bits per heavy atom. The van der Waals surface area contributed by atoms with Crippen LogP contribution in [0.25, 0.3) is 22.0 Å². The number of ether oxygens (including phenoxy) is 2. The fourth-order valence-electron chi connectivity index (χ4n) is 4.23. The first-order chi connectivity index (χ1) is 17.4. The number of nitrogens with zero attached hydrogens (tertiary/aromatic N) is 4. The van der Waals surface area contributed by atoms with Crippen LogP contribution in [-0.4, -0.2) is 53.7 Å². The molecule has 0 radical (unpaired) electrons. The van der Waals surface area contributed by atoms with Crippen LogP contribution in [0.1, 0.15) is 17.4 Å². The third kappa shape index (κ3) is 4.32. The van der Waals surface area contributed by atoms with E-state index in [1.54, 1.807) is 4.90 Å². The van der Waals surface area contributed by atoms with Crippen LogP contribution < -0.4 is 9.64 Å². The lowest BCUT2D eigenvalue weighted by atomic mass is 9.95. The Kier molecular flexibility index (Phi) is 6.65. The number of methoxy groups -OCH3 is 1. The van der Waals surface area contributed by atoms with Crippen molar-refractivity contribution in [3.8, 4) is 17.0 Å². The summed E-state index contributed by atoms with van der Waals surface area (Å²) < 4.78 is 56.3. The van der Waals surface area contributed by atoms with Gasteiger partial charge in [0.2, 0.25) is 5.88 Å². The quantitative estimate of drug-likeness (QED) is 0.412. The minimum absolute atomic E-state index is 0.0633. The molecule has 0 amide bonds. The summed E-state index contributed by atoms with van der Waals surface area (Å²) in [6, 6.07) is 7.76. The predicted octanol–water partition coefficient (Wildman–Crippen LogP) is 4.69. The van der Waals surface area contributed by atoms with Gasteiger partial charge in [-0.1, -0.05) is 11.6 Å². The first-order valence-corrected chi connectivity index (χ1v) is 11.4. The molecule has 186 valence electrons. The van der Waals surface area contributed by atoms with Gasteiger partial charge in [-0.2, -0.15) is 0 Å². The van der Waals surface area contributed by atoms with E-state index in [2.05, 4.69) is 15.2 Å². The number of fused-ring (bicyclic) bond motifs is 1. The summed E-state index contributed by atoms with van der Waals surface area (Å²) in [5.41, 5.74) is 0.0730. The zero-order chi connectivity index (χ0) is 25.4. The second-order valence-electron chi connectivity index (χ2n) is 8.13. The molecule has 7 nitrogen and oxygen atoms in total. The molecule has 4 aromatic rings. The van der Waals surface area contributed by atoms with Crippen molar-refractivity contribution in [1.82, 2.24) is 15.2 Å². The number of aliphatic hydroxyl groups is 1. The molecule has 1 saturated heterocycles. The molecular weight excluding hydrogens is 497 g/mol. The van der Waals surface area contributed by atoms with Gasteiger partial charge >= 0.3 is 0 Å². The van der Waals surface area contributed by atoms with Crippen LogP contribution in [0, 0.1) is 17.5 Å². The molecule has 5 rings (SSSR count). The Morgan fingerprint density at radius 2 is 1.81 bits per heavy atom. The van der Waals surface area contributed by atoms with Gasteiger partial charge < -0.3 is 19.5 Å². The van der Waals surface area contributed by atoms with Crippen molar-refractivity contribution in [3.05, 3.63) is 76.3 Å². The average Bonchev–Trinajstić information content (AvgIpc) is 2.90. The van der Waals surface area contributed by atoms with E-state index in [0.717, 1.165) is 12.1 Å². The summed E-state index contributed by atoms with van der Waals surface area (Å²) in [6.45, 7) is 1.60. The zero-order valence-corrected chi connectivity index (χ0v) is 19.8. The number of aliphatic hydroxyl groups excluding tert-OH is 1. The topological polar surface area (TPSA) is 80.6 Å². The second-order valence-corrected chi connectivity index (χ2v) is 8.54. The Morgan fingerprint density at radius 3 is 2.50 bits per heavy atom. The number of hydrogen-bond donors (Lipinski definition) is 1. The van der Waals surface area contributed by atoms with Gasteiger partial charge in [0.05, 0.1) is 31.7 Å². The number of morpholine rings is 1. The number of benzene rings is 2. The molecule has 0 bridgehead atoms. The number of pyridine rings is 1. The van der Waals surface area contributed by atoms with Crippen molar-refractivity contribution < 1.29 is 27.8 Å². The molecule has 1 atom stereocenters. The third-order valence-electron chi connectivity index (χ3n) is 6.06. The molecule has 1 fully saturated rings. The molecule has 11 heteroatoms. The highest BCUT2D eigenvalue weighted by molar-refractivity contribution is 6.31. The Hall–Kier alpha value is -3.47. The van der Waals surface area contributed by atoms with Crippen molar-refractivity contribution in [2.75, 3.05) is 38.3 Å². The van der Waals surface area contributed by atoms with E-state index < -0.39 is 23.6 Å². The fraction of sp³-hybridized carbons (Fsp3) is 0.240. The molecule has 3 heterocycles. The largest absolute Gasteiger partial charge is 0.480 e. The molecule has 0 spiro atoms. The van der Waals surface area contributed by atoms with E-state index in [9.17, 15) is 5.11 Å².